The second-order valence-electron chi connectivity index (χ2n) is 7.51. The Bertz CT molecular complexity index is 1300. The molecule has 0 saturated carbocycles. The van der Waals surface area contributed by atoms with Gasteiger partial charge in [-0.2, -0.15) is 5.10 Å². The molecule has 0 saturated heterocycles. The van der Waals surface area contributed by atoms with Crippen LogP contribution in [0.25, 0.3) is 16.8 Å². The number of ether oxygens (including phenoxy) is 1. The van der Waals surface area contributed by atoms with Gasteiger partial charge in [0.2, 0.25) is 0 Å². The zero-order chi connectivity index (χ0) is 22.1. The molecule has 3 aromatic carbocycles. The SMILES string of the molecule is COc1ccc(-n2nc3c(c2NC(=O)c2ccc(-c4ccccc4)cc2)CS(=O)C3)cc1. The third-order valence-corrected chi connectivity index (χ3v) is 6.68. The van der Waals surface area contributed by atoms with E-state index in [1.165, 1.54) is 0 Å². The van der Waals surface area contributed by atoms with Crippen LogP contribution in [0.4, 0.5) is 5.82 Å². The summed E-state index contributed by atoms with van der Waals surface area (Å²) in [5, 5.41) is 7.65. The fraction of sp³-hybridized carbons (Fsp3) is 0.120. The molecule has 160 valence electrons. The van der Waals surface area contributed by atoms with Gasteiger partial charge >= 0.3 is 0 Å². The summed E-state index contributed by atoms with van der Waals surface area (Å²) in [5.74, 6) is 1.84. The molecule has 1 atom stereocenters. The van der Waals surface area contributed by atoms with Crippen LogP contribution in [0.5, 0.6) is 5.75 Å². The minimum atomic E-state index is -0.999. The number of amides is 1. The summed E-state index contributed by atoms with van der Waals surface area (Å²) in [6.07, 6.45) is 0. The summed E-state index contributed by atoms with van der Waals surface area (Å²) in [6.45, 7) is 0. The number of methoxy groups -OCH3 is 1. The third kappa shape index (κ3) is 3.83. The van der Waals surface area contributed by atoms with Crippen molar-refractivity contribution >= 4 is 22.5 Å². The fourth-order valence-electron chi connectivity index (χ4n) is 3.79. The molecule has 0 fully saturated rings. The van der Waals surface area contributed by atoms with Crippen molar-refractivity contribution in [1.82, 2.24) is 9.78 Å². The van der Waals surface area contributed by atoms with Gasteiger partial charge in [0.25, 0.3) is 5.91 Å². The lowest BCUT2D eigenvalue weighted by molar-refractivity contribution is 0.102. The lowest BCUT2D eigenvalue weighted by atomic mass is 10.0. The monoisotopic (exact) mass is 443 g/mol. The van der Waals surface area contributed by atoms with Crippen LogP contribution in [-0.2, 0) is 22.3 Å². The van der Waals surface area contributed by atoms with Gasteiger partial charge in [-0.15, -0.1) is 0 Å². The van der Waals surface area contributed by atoms with E-state index in [-0.39, 0.29) is 5.91 Å². The summed E-state index contributed by atoms with van der Waals surface area (Å²) in [6, 6.07) is 24.9. The van der Waals surface area contributed by atoms with E-state index in [1.54, 1.807) is 11.8 Å². The quantitative estimate of drug-likeness (QED) is 0.491. The summed E-state index contributed by atoms with van der Waals surface area (Å²) >= 11 is 0. The second kappa shape index (κ2) is 8.43. The maximum atomic E-state index is 13.1. The maximum absolute atomic E-state index is 13.1. The van der Waals surface area contributed by atoms with Crippen molar-refractivity contribution in [1.29, 1.82) is 0 Å². The number of hydrogen-bond acceptors (Lipinski definition) is 4. The van der Waals surface area contributed by atoms with Crippen molar-refractivity contribution in [2.45, 2.75) is 11.5 Å². The van der Waals surface area contributed by atoms with Gasteiger partial charge in [-0.1, -0.05) is 42.5 Å². The molecule has 1 aliphatic heterocycles. The van der Waals surface area contributed by atoms with Crippen molar-refractivity contribution in [2.24, 2.45) is 0 Å². The summed E-state index contributed by atoms with van der Waals surface area (Å²) < 4.78 is 19.0. The molecule has 1 aliphatic rings. The first-order valence-corrected chi connectivity index (χ1v) is 11.7. The molecule has 5 rings (SSSR count). The molecule has 4 aromatic rings. The van der Waals surface area contributed by atoms with Crippen molar-refractivity contribution in [3.8, 4) is 22.6 Å². The first-order chi connectivity index (χ1) is 15.6. The molecule has 7 heteroatoms. The minimum absolute atomic E-state index is 0.236. The number of carbonyl (C=O) groups excluding carboxylic acids is 1. The highest BCUT2D eigenvalue weighted by Crippen LogP contribution is 2.32. The Balaban J connectivity index is 1.45. The summed E-state index contributed by atoms with van der Waals surface area (Å²) in [7, 11) is 0.614. The second-order valence-corrected chi connectivity index (χ2v) is 8.97. The molecule has 0 spiro atoms. The van der Waals surface area contributed by atoms with Crippen molar-refractivity contribution in [2.75, 3.05) is 12.4 Å². The van der Waals surface area contributed by atoms with Crippen molar-refractivity contribution in [3.63, 3.8) is 0 Å². The zero-order valence-corrected chi connectivity index (χ0v) is 18.3. The molecule has 1 N–H and O–H groups in total. The maximum Gasteiger partial charge on any atom is 0.256 e. The highest BCUT2D eigenvalue weighted by molar-refractivity contribution is 7.83. The average molecular weight is 444 g/mol. The molecule has 0 radical (unpaired) electrons. The number of anilines is 1. The molecular weight excluding hydrogens is 422 g/mol. The topological polar surface area (TPSA) is 73.2 Å². The number of hydrogen-bond donors (Lipinski definition) is 1. The molecule has 2 heterocycles. The van der Waals surface area contributed by atoms with Gasteiger partial charge in [-0.3, -0.25) is 9.00 Å². The third-order valence-electron chi connectivity index (χ3n) is 5.47. The van der Waals surface area contributed by atoms with E-state index in [2.05, 4.69) is 10.4 Å². The van der Waals surface area contributed by atoms with Gasteiger partial charge in [-0.05, 0) is 47.5 Å². The number of benzene rings is 3. The Morgan fingerprint density at radius 2 is 1.62 bits per heavy atom. The molecule has 6 nitrogen and oxygen atoms in total. The minimum Gasteiger partial charge on any atom is -0.497 e. The first kappa shape index (κ1) is 20.2. The predicted octanol–water partition coefficient (Wildman–Crippen LogP) is 4.56. The van der Waals surface area contributed by atoms with Crippen molar-refractivity contribution < 1.29 is 13.7 Å². The van der Waals surface area contributed by atoms with Crippen LogP contribution >= 0.6 is 0 Å². The lowest BCUT2D eigenvalue weighted by Gasteiger charge is -2.12. The number of nitrogens with one attached hydrogen (secondary N) is 1. The molecule has 32 heavy (non-hydrogen) atoms. The van der Waals surface area contributed by atoms with Crippen LogP contribution < -0.4 is 10.1 Å². The summed E-state index contributed by atoms with van der Waals surface area (Å²) in [5.41, 5.74) is 5.06. The number of aromatic nitrogens is 2. The van der Waals surface area contributed by atoms with Crippen LogP contribution in [0.3, 0.4) is 0 Å². The molecular formula is C25H21N3O3S. The van der Waals surface area contributed by atoms with Gasteiger partial charge in [-0.25, -0.2) is 4.68 Å². The Kier molecular flexibility index (Phi) is 5.33. The van der Waals surface area contributed by atoms with Crippen molar-refractivity contribution in [3.05, 3.63) is 95.7 Å². The first-order valence-electron chi connectivity index (χ1n) is 10.2. The number of fused-ring (bicyclic) bond motifs is 1. The Hall–Kier alpha value is -3.71. The lowest BCUT2D eigenvalue weighted by Crippen LogP contribution is -2.16. The smallest absolute Gasteiger partial charge is 0.256 e. The number of rotatable bonds is 5. The Morgan fingerprint density at radius 3 is 2.31 bits per heavy atom. The molecule has 0 aliphatic carbocycles. The zero-order valence-electron chi connectivity index (χ0n) is 17.4. The number of carbonyl (C=O) groups is 1. The molecule has 1 aromatic heterocycles. The number of nitrogens with zero attached hydrogens (tertiary/aromatic N) is 2. The van der Waals surface area contributed by atoms with Crippen LogP contribution in [0.15, 0.2) is 78.9 Å². The fourth-order valence-corrected chi connectivity index (χ4v) is 5.06. The van der Waals surface area contributed by atoms with Crippen LogP contribution in [0, 0.1) is 0 Å². The van der Waals surface area contributed by atoms with E-state index in [4.69, 9.17) is 4.74 Å². The Labute approximate surface area is 188 Å². The standard InChI is InChI=1S/C25H21N3O3S/c1-31-21-13-11-20(12-14-21)28-24(22-15-32(30)16-23(22)27-28)26-25(29)19-9-7-18(8-10-19)17-5-3-2-4-6-17/h2-14H,15-16H2,1H3,(H,26,29). The molecule has 1 amide bonds. The van der Waals surface area contributed by atoms with Crippen LogP contribution in [-0.4, -0.2) is 27.0 Å². The highest BCUT2D eigenvalue weighted by atomic mass is 32.2. The van der Waals surface area contributed by atoms with E-state index < -0.39 is 10.8 Å². The normalized spacial score (nSPS) is 14.7. The van der Waals surface area contributed by atoms with E-state index in [0.717, 1.165) is 33.8 Å². The van der Waals surface area contributed by atoms with Crippen LogP contribution in [0.2, 0.25) is 0 Å². The largest absolute Gasteiger partial charge is 0.497 e. The van der Waals surface area contributed by atoms with E-state index in [1.807, 2.05) is 78.9 Å². The van der Waals surface area contributed by atoms with Gasteiger partial charge in [0.15, 0.2) is 0 Å². The Morgan fingerprint density at radius 1 is 0.938 bits per heavy atom. The predicted molar refractivity (Wildman–Crippen MR) is 125 cm³/mol. The van der Waals surface area contributed by atoms with Gasteiger partial charge in [0.1, 0.15) is 11.6 Å². The highest BCUT2D eigenvalue weighted by Gasteiger charge is 2.28. The van der Waals surface area contributed by atoms with E-state index in [0.29, 0.717) is 22.9 Å². The van der Waals surface area contributed by atoms with Gasteiger partial charge < -0.3 is 10.1 Å². The van der Waals surface area contributed by atoms with E-state index >= 15 is 0 Å². The van der Waals surface area contributed by atoms with E-state index in [9.17, 15) is 9.00 Å². The van der Waals surface area contributed by atoms with Gasteiger partial charge in [0, 0.05) is 21.9 Å². The van der Waals surface area contributed by atoms with Gasteiger partial charge in [0.05, 0.1) is 30.0 Å². The molecule has 0 bridgehead atoms. The summed E-state index contributed by atoms with van der Waals surface area (Å²) in [4.78, 5) is 13.1. The average Bonchev–Trinajstić information content (AvgIpc) is 3.36. The molecule has 1 unspecified atom stereocenters. The van der Waals surface area contributed by atoms with Crippen LogP contribution in [0.1, 0.15) is 21.6 Å².